The van der Waals surface area contributed by atoms with E-state index in [1.54, 1.807) is 52.0 Å². The third-order valence-corrected chi connectivity index (χ3v) is 8.63. The molecule has 0 bridgehead atoms. The molecule has 2 heterocycles. The second-order valence-corrected chi connectivity index (χ2v) is 13.9. The lowest BCUT2D eigenvalue weighted by Crippen LogP contribution is -2.39. The number of para-hydroxylation sites is 1. The van der Waals surface area contributed by atoms with Crippen LogP contribution in [-0.2, 0) is 30.0 Å². The third kappa shape index (κ3) is 8.08. The minimum absolute atomic E-state index is 0.0341. The molecule has 0 unspecified atom stereocenters. The van der Waals surface area contributed by atoms with Crippen molar-refractivity contribution in [2.45, 2.75) is 72.8 Å². The first-order valence-electron chi connectivity index (χ1n) is 14.5. The number of nitrogen functional groups attached to an aromatic ring is 1. The molecule has 0 fully saturated rings. The topological polar surface area (TPSA) is 140 Å². The largest absolute Gasteiger partial charge is 0.459 e. The van der Waals surface area contributed by atoms with E-state index in [0.717, 1.165) is 16.4 Å². The number of halogens is 1. The minimum Gasteiger partial charge on any atom is -0.459 e. The van der Waals surface area contributed by atoms with Crippen LogP contribution in [-0.4, -0.2) is 45.4 Å². The van der Waals surface area contributed by atoms with Crippen molar-refractivity contribution in [3.8, 4) is 5.75 Å². The van der Waals surface area contributed by atoms with Crippen LogP contribution < -0.4 is 15.3 Å². The molecule has 4 aromatic rings. The predicted octanol–water partition coefficient (Wildman–Crippen LogP) is 7.08. The summed E-state index contributed by atoms with van der Waals surface area (Å²) in [6, 6.07) is 12.6. The van der Waals surface area contributed by atoms with Gasteiger partial charge in [-0.2, -0.15) is 5.09 Å². The van der Waals surface area contributed by atoms with E-state index in [-0.39, 0.29) is 24.9 Å². The van der Waals surface area contributed by atoms with Gasteiger partial charge in [-0.25, -0.2) is 14.5 Å². The molecule has 13 heteroatoms. The number of imidazole rings is 1. The standard InChI is InChI=1S/C31H41ClN5O6P/c1-8-40-18-26-35-27-28(23-11-9-10-12-24(23)34-29(27)33)37(26)25(19(2)3)17-41-44(39,43-22-15-13-21(32)14-16-22)36-20(4)30(38)42-31(5,6)7/h9-16,19-20,25H,8,17-18H2,1-7H3,(H2,33,34)(H,36,39)/t20-,25-,44-/m0/s1. The SMILES string of the molecule is CCOCc1nc2c(N)nc3ccccc3c2n1[C@@H](CO[P@@](=O)(N[C@@H](C)C(=O)OC(C)(C)C)Oc1ccc(Cl)cc1)C(C)C. The highest BCUT2D eigenvalue weighted by molar-refractivity contribution is 7.52. The number of pyridine rings is 1. The van der Waals surface area contributed by atoms with Gasteiger partial charge in [0.1, 0.15) is 35.3 Å². The Hall–Kier alpha value is -3.21. The van der Waals surface area contributed by atoms with Crippen molar-refractivity contribution < 1.29 is 27.9 Å². The number of carbonyl (C=O) groups is 1. The van der Waals surface area contributed by atoms with Gasteiger partial charge in [0, 0.05) is 17.0 Å². The Balaban J connectivity index is 1.76. The Morgan fingerprint density at radius 3 is 2.41 bits per heavy atom. The normalized spacial score (nSPS) is 14.9. The third-order valence-electron chi connectivity index (χ3n) is 6.73. The fraction of sp³-hybridized carbons (Fsp3) is 0.452. The second-order valence-electron chi connectivity index (χ2n) is 11.8. The van der Waals surface area contributed by atoms with Gasteiger partial charge in [0.25, 0.3) is 0 Å². The molecule has 0 aliphatic carbocycles. The van der Waals surface area contributed by atoms with Crippen LogP contribution >= 0.6 is 19.3 Å². The van der Waals surface area contributed by atoms with Crippen LogP contribution in [0.3, 0.4) is 0 Å². The number of nitrogens with one attached hydrogen (secondary N) is 1. The predicted molar refractivity (Wildman–Crippen MR) is 173 cm³/mol. The molecular weight excluding hydrogens is 605 g/mol. The Labute approximate surface area is 263 Å². The fourth-order valence-corrected chi connectivity index (χ4v) is 6.30. The number of benzene rings is 2. The maximum Gasteiger partial charge on any atom is 0.459 e. The Morgan fingerprint density at radius 1 is 1.09 bits per heavy atom. The fourth-order valence-electron chi connectivity index (χ4n) is 4.67. The van der Waals surface area contributed by atoms with Gasteiger partial charge in [-0.3, -0.25) is 9.32 Å². The van der Waals surface area contributed by atoms with E-state index in [1.807, 2.05) is 49.6 Å². The summed E-state index contributed by atoms with van der Waals surface area (Å²) in [4.78, 5) is 22.2. The maximum absolute atomic E-state index is 14.4. The molecule has 4 rings (SSSR count). The molecule has 0 radical (unpaired) electrons. The molecule has 0 spiro atoms. The first-order chi connectivity index (χ1) is 20.7. The second kappa shape index (κ2) is 13.8. The first kappa shape index (κ1) is 33.7. The smallest absolute Gasteiger partial charge is 0.459 e. The number of nitrogens with zero attached hydrogens (tertiary/aromatic N) is 3. The van der Waals surface area contributed by atoms with Crippen LogP contribution in [0.1, 0.15) is 60.3 Å². The van der Waals surface area contributed by atoms with E-state index < -0.39 is 31.4 Å². The zero-order valence-electron chi connectivity index (χ0n) is 26.2. The summed E-state index contributed by atoms with van der Waals surface area (Å²) >= 11 is 6.05. The van der Waals surface area contributed by atoms with Crippen LogP contribution in [0.5, 0.6) is 5.75 Å². The van der Waals surface area contributed by atoms with Gasteiger partial charge >= 0.3 is 13.7 Å². The highest BCUT2D eigenvalue weighted by Crippen LogP contribution is 2.47. The molecular formula is C31H41ClN5O6P. The van der Waals surface area contributed by atoms with Crippen LogP contribution in [0.2, 0.25) is 5.02 Å². The Bertz CT molecular complexity index is 1650. The van der Waals surface area contributed by atoms with E-state index in [0.29, 0.717) is 28.8 Å². The zero-order chi connectivity index (χ0) is 32.2. The van der Waals surface area contributed by atoms with Crippen molar-refractivity contribution in [2.24, 2.45) is 5.92 Å². The highest BCUT2D eigenvalue weighted by atomic mass is 35.5. The number of hydrogen-bond donors (Lipinski definition) is 2. The van der Waals surface area contributed by atoms with Crippen molar-refractivity contribution in [3.05, 3.63) is 59.4 Å². The lowest BCUT2D eigenvalue weighted by atomic mass is 10.0. The number of rotatable bonds is 13. The summed E-state index contributed by atoms with van der Waals surface area (Å²) in [5.74, 6) is 0.530. The lowest BCUT2D eigenvalue weighted by molar-refractivity contribution is -0.156. The Kier molecular flexibility index (Phi) is 10.6. The van der Waals surface area contributed by atoms with E-state index in [1.165, 1.54) is 0 Å². The number of fused-ring (bicyclic) bond motifs is 3. The van der Waals surface area contributed by atoms with E-state index >= 15 is 0 Å². The number of carbonyl (C=O) groups excluding carboxylic acids is 1. The summed E-state index contributed by atoms with van der Waals surface area (Å²) in [5, 5.41) is 4.11. The summed E-state index contributed by atoms with van der Waals surface area (Å²) in [6.07, 6.45) is 0. The molecule has 11 nitrogen and oxygen atoms in total. The molecule has 0 amide bonds. The van der Waals surface area contributed by atoms with Crippen molar-refractivity contribution in [2.75, 3.05) is 18.9 Å². The van der Waals surface area contributed by atoms with Gasteiger partial charge in [-0.1, -0.05) is 43.6 Å². The van der Waals surface area contributed by atoms with Crippen molar-refractivity contribution >= 4 is 53.1 Å². The van der Waals surface area contributed by atoms with Crippen LogP contribution in [0.15, 0.2) is 48.5 Å². The van der Waals surface area contributed by atoms with Crippen molar-refractivity contribution in [1.29, 1.82) is 0 Å². The average Bonchev–Trinajstić information content (AvgIpc) is 3.32. The van der Waals surface area contributed by atoms with Crippen molar-refractivity contribution in [3.63, 3.8) is 0 Å². The van der Waals surface area contributed by atoms with E-state index in [9.17, 15) is 9.36 Å². The summed E-state index contributed by atoms with van der Waals surface area (Å²) in [7, 11) is -4.18. The quantitative estimate of drug-likeness (QED) is 0.114. The average molecular weight is 646 g/mol. The van der Waals surface area contributed by atoms with Gasteiger partial charge in [-0.05, 0) is 70.9 Å². The maximum atomic E-state index is 14.4. The number of ether oxygens (including phenoxy) is 2. The number of anilines is 1. The molecule has 2 aromatic carbocycles. The molecule has 0 saturated heterocycles. The van der Waals surface area contributed by atoms with Gasteiger partial charge in [0.2, 0.25) is 0 Å². The van der Waals surface area contributed by atoms with Crippen LogP contribution in [0.4, 0.5) is 5.82 Å². The molecule has 3 atom stereocenters. The summed E-state index contributed by atoms with van der Waals surface area (Å²) in [6.45, 7) is 13.4. The van der Waals surface area contributed by atoms with E-state index in [4.69, 9.17) is 40.8 Å². The molecule has 0 aliphatic rings. The van der Waals surface area contributed by atoms with Crippen LogP contribution in [0, 0.1) is 5.92 Å². The molecule has 2 aromatic heterocycles. The van der Waals surface area contributed by atoms with Gasteiger partial charge < -0.3 is 24.3 Å². The summed E-state index contributed by atoms with van der Waals surface area (Å²) < 4.78 is 39.7. The lowest BCUT2D eigenvalue weighted by Gasteiger charge is -2.29. The molecule has 44 heavy (non-hydrogen) atoms. The number of nitrogens with two attached hydrogens (primary N) is 1. The number of aromatic nitrogens is 3. The monoisotopic (exact) mass is 645 g/mol. The van der Waals surface area contributed by atoms with Crippen LogP contribution in [0.25, 0.3) is 21.9 Å². The number of hydrogen-bond acceptors (Lipinski definition) is 9. The van der Waals surface area contributed by atoms with Gasteiger partial charge in [0.05, 0.1) is 23.7 Å². The molecule has 3 N–H and O–H groups in total. The summed E-state index contributed by atoms with van der Waals surface area (Å²) in [5.41, 5.74) is 7.68. The highest BCUT2D eigenvalue weighted by Gasteiger charge is 2.36. The van der Waals surface area contributed by atoms with E-state index in [2.05, 4.69) is 10.1 Å². The first-order valence-corrected chi connectivity index (χ1v) is 16.5. The minimum atomic E-state index is -4.18. The van der Waals surface area contributed by atoms with Gasteiger partial charge in [-0.15, -0.1) is 0 Å². The Morgan fingerprint density at radius 2 is 1.77 bits per heavy atom. The molecule has 238 valence electrons. The molecule has 0 saturated carbocycles. The molecule has 0 aliphatic heterocycles. The zero-order valence-corrected chi connectivity index (χ0v) is 27.8. The number of esters is 1. The van der Waals surface area contributed by atoms with Crippen molar-refractivity contribution in [1.82, 2.24) is 19.6 Å². The van der Waals surface area contributed by atoms with Gasteiger partial charge in [0.15, 0.2) is 5.82 Å².